The third-order valence-corrected chi connectivity index (χ3v) is 4.70. The Labute approximate surface area is 145 Å². The van der Waals surface area contributed by atoms with Gasteiger partial charge in [-0.1, -0.05) is 12.8 Å². The van der Waals surface area contributed by atoms with E-state index < -0.39 is 0 Å². The molecule has 0 fully saturated rings. The highest BCUT2D eigenvalue weighted by Gasteiger charge is 2.11. The number of amides is 1. The second-order valence-corrected chi connectivity index (χ2v) is 6.57. The highest BCUT2D eigenvalue weighted by atomic mass is 32.2. The molecule has 0 saturated carbocycles. The van der Waals surface area contributed by atoms with Crippen molar-refractivity contribution in [2.45, 2.75) is 42.2 Å². The number of carbonyl (C=O) groups is 1. The third-order valence-electron chi connectivity index (χ3n) is 3.55. The Bertz CT molecular complexity index is 674. The first kappa shape index (κ1) is 18.5. The van der Waals surface area contributed by atoms with Crippen molar-refractivity contribution in [1.82, 2.24) is 9.55 Å². The number of aromatic nitrogens is 2. The van der Waals surface area contributed by atoms with E-state index in [-0.39, 0.29) is 11.7 Å². The lowest BCUT2D eigenvalue weighted by Crippen LogP contribution is -2.12. The maximum Gasteiger partial charge on any atom is 0.224 e. The summed E-state index contributed by atoms with van der Waals surface area (Å²) in [6.07, 6.45) is 7.76. The quantitative estimate of drug-likeness (QED) is 0.678. The lowest BCUT2D eigenvalue weighted by atomic mass is 10.1. The minimum atomic E-state index is -0.377. The molecule has 130 valence electrons. The topological polar surface area (TPSA) is 72.9 Å². The number of halogens is 1. The van der Waals surface area contributed by atoms with E-state index >= 15 is 0 Å². The number of nitrogens with one attached hydrogen (secondary N) is 1. The monoisotopic (exact) mass is 350 g/mol. The van der Waals surface area contributed by atoms with Gasteiger partial charge < -0.3 is 15.6 Å². The molecule has 0 spiro atoms. The van der Waals surface area contributed by atoms with Crippen LogP contribution < -0.4 is 11.1 Å². The molecule has 24 heavy (non-hydrogen) atoms. The first-order valence-electron chi connectivity index (χ1n) is 8.05. The first-order valence-corrected chi connectivity index (χ1v) is 8.86. The molecule has 5 nitrogen and oxygen atoms in total. The minimum Gasteiger partial charge on any atom is -0.330 e. The molecule has 1 heterocycles. The van der Waals surface area contributed by atoms with Crippen molar-refractivity contribution in [2.24, 2.45) is 12.8 Å². The van der Waals surface area contributed by atoms with Gasteiger partial charge in [-0.15, -0.1) is 0 Å². The lowest BCUT2D eigenvalue weighted by molar-refractivity contribution is -0.116. The molecule has 2 rings (SSSR count). The number of unbranched alkanes of at least 4 members (excludes halogenated alkanes) is 3. The summed E-state index contributed by atoms with van der Waals surface area (Å²) in [5.74, 6) is -0.479. The Morgan fingerprint density at radius 3 is 2.83 bits per heavy atom. The summed E-state index contributed by atoms with van der Waals surface area (Å²) in [4.78, 5) is 17.1. The fourth-order valence-corrected chi connectivity index (χ4v) is 3.10. The number of rotatable bonds is 9. The number of hydrogen-bond acceptors (Lipinski definition) is 4. The van der Waals surface area contributed by atoms with E-state index in [1.165, 1.54) is 23.9 Å². The normalized spacial score (nSPS) is 10.8. The number of carbonyl (C=O) groups excluding carboxylic acids is 1. The van der Waals surface area contributed by atoms with Crippen LogP contribution in [0.2, 0.25) is 0 Å². The fourth-order valence-electron chi connectivity index (χ4n) is 2.23. The van der Waals surface area contributed by atoms with E-state index in [2.05, 4.69) is 10.3 Å². The van der Waals surface area contributed by atoms with Gasteiger partial charge in [0.2, 0.25) is 5.91 Å². The van der Waals surface area contributed by atoms with Crippen molar-refractivity contribution >= 4 is 23.4 Å². The Kier molecular flexibility index (Phi) is 7.27. The molecule has 0 aliphatic heterocycles. The van der Waals surface area contributed by atoms with Gasteiger partial charge in [-0.25, -0.2) is 9.37 Å². The van der Waals surface area contributed by atoms with Gasteiger partial charge in [0.15, 0.2) is 5.16 Å². The van der Waals surface area contributed by atoms with Crippen LogP contribution >= 0.6 is 11.8 Å². The maximum atomic E-state index is 13.6. The number of hydrogen-bond donors (Lipinski definition) is 2. The summed E-state index contributed by atoms with van der Waals surface area (Å²) < 4.78 is 15.4. The Morgan fingerprint density at radius 1 is 1.33 bits per heavy atom. The lowest BCUT2D eigenvalue weighted by Gasteiger charge is -2.11. The van der Waals surface area contributed by atoms with Crippen LogP contribution in [0.25, 0.3) is 0 Å². The number of nitrogens with zero attached hydrogens (tertiary/aromatic N) is 2. The highest BCUT2D eigenvalue weighted by molar-refractivity contribution is 7.99. The zero-order valence-corrected chi connectivity index (χ0v) is 14.6. The molecule has 0 unspecified atom stereocenters. The van der Waals surface area contributed by atoms with Crippen molar-refractivity contribution in [1.29, 1.82) is 0 Å². The molecule has 7 heteroatoms. The number of anilines is 1. The summed E-state index contributed by atoms with van der Waals surface area (Å²) >= 11 is 1.39. The van der Waals surface area contributed by atoms with Gasteiger partial charge in [-0.3, -0.25) is 4.79 Å². The molecule has 0 atom stereocenters. The van der Waals surface area contributed by atoms with Crippen LogP contribution in [0.4, 0.5) is 10.1 Å². The molecule has 1 aromatic heterocycles. The largest absolute Gasteiger partial charge is 0.330 e. The number of imidazole rings is 1. The van der Waals surface area contributed by atoms with Crippen LogP contribution in [0.15, 0.2) is 40.6 Å². The Balaban J connectivity index is 1.97. The number of benzene rings is 1. The van der Waals surface area contributed by atoms with E-state index in [4.69, 9.17) is 5.73 Å². The Morgan fingerprint density at radius 2 is 2.12 bits per heavy atom. The summed E-state index contributed by atoms with van der Waals surface area (Å²) in [5.41, 5.74) is 5.93. The zero-order chi connectivity index (χ0) is 17.4. The maximum absolute atomic E-state index is 13.6. The number of nitrogens with two attached hydrogens (primary N) is 1. The van der Waals surface area contributed by atoms with Crippen LogP contribution in [-0.2, 0) is 11.8 Å². The second kappa shape index (κ2) is 9.44. The molecule has 0 aliphatic carbocycles. The molecule has 3 N–H and O–H groups in total. The molecule has 0 bridgehead atoms. The smallest absolute Gasteiger partial charge is 0.224 e. The van der Waals surface area contributed by atoms with Crippen molar-refractivity contribution in [3.05, 3.63) is 36.4 Å². The van der Waals surface area contributed by atoms with E-state index in [9.17, 15) is 9.18 Å². The molecule has 1 amide bonds. The summed E-state index contributed by atoms with van der Waals surface area (Å²) in [7, 11) is 1.89. The molecule has 2 aromatic rings. The van der Waals surface area contributed by atoms with Crippen LogP contribution in [0, 0.1) is 5.82 Å². The molecule has 0 radical (unpaired) electrons. The summed E-state index contributed by atoms with van der Waals surface area (Å²) in [5, 5.41) is 3.59. The van der Waals surface area contributed by atoms with Gasteiger partial charge in [0, 0.05) is 30.8 Å². The first-order chi connectivity index (χ1) is 11.6. The van der Waals surface area contributed by atoms with Gasteiger partial charge in [0.05, 0.1) is 5.69 Å². The molecule has 0 aliphatic rings. The van der Waals surface area contributed by atoms with Crippen LogP contribution in [0.1, 0.15) is 32.1 Å². The van der Waals surface area contributed by atoms with Gasteiger partial charge in [0.25, 0.3) is 0 Å². The Hall–Kier alpha value is -1.86. The van der Waals surface area contributed by atoms with E-state index in [1.54, 1.807) is 12.3 Å². The van der Waals surface area contributed by atoms with Crippen LogP contribution in [-0.4, -0.2) is 22.0 Å². The average molecular weight is 350 g/mol. The fraction of sp³-hybridized carbons (Fsp3) is 0.412. The predicted octanol–water partition coefficient (Wildman–Crippen LogP) is 3.56. The predicted molar refractivity (Wildman–Crippen MR) is 94.5 cm³/mol. The highest BCUT2D eigenvalue weighted by Crippen LogP contribution is 2.33. The standard InChI is InChI=1S/C17H23FN4OS/c1-22-11-10-20-17(22)24-15-8-7-13(18)12-14(15)21-16(23)6-4-2-3-5-9-19/h7-8,10-12H,2-6,9,19H2,1H3,(H,21,23). The van der Waals surface area contributed by atoms with Crippen molar-refractivity contribution in [2.75, 3.05) is 11.9 Å². The van der Waals surface area contributed by atoms with Crippen molar-refractivity contribution < 1.29 is 9.18 Å². The van der Waals surface area contributed by atoms with Gasteiger partial charge in [-0.2, -0.15) is 0 Å². The van der Waals surface area contributed by atoms with E-state index in [0.29, 0.717) is 18.7 Å². The van der Waals surface area contributed by atoms with E-state index in [0.717, 1.165) is 35.7 Å². The third kappa shape index (κ3) is 5.65. The average Bonchev–Trinajstić information content (AvgIpc) is 2.95. The minimum absolute atomic E-state index is 0.102. The van der Waals surface area contributed by atoms with Crippen LogP contribution in [0.5, 0.6) is 0 Å². The van der Waals surface area contributed by atoms with Gasteiger partial charge in [-0.05, 0) is 49.3 Å². The van der Waals surface area contributed by atoms with Crippen molar-refractivity contribution in [3.63, 3.8) is 0 Å². The number of aryl methyl sites for hydroxylation is 1. The van der Waals surface area contributed by atoms with Gasteiger partial charge >= 0.3 is 0 Å². The summed E-state index contributed by atoms with van der Waals surface area (Å²) in [6.45, 7) is 0.684. The molecular formula is C17H23FN4OS. The molecule has 0 saturated heterocycles. The van der Waals surface area contributed by atoms with Gasteiger partial charge in [0.1, 0.15) is 5.82 Å². The summed E-state index contributed by atoms with van der Waals surface area (Å²) in [6, 6.07) is 4.39. The molecule has 1 aromatic carbocycles. The van der Waals surface area contributed by atoms with Crippen molar-refractivity contribution in [3.8, 4) is 0 Å². The zero-order valence-electron chi connectivity index (χ0n) is 13.8. The molecular weight excluding hydrogens is 327 g/mol. The SMILES string of the molecule is Cn1ccnc1Sc1ccc(F)cc1NC(=O)CCCCCCN. The van der Waals surface area contributed by atoms with Crippen LogP contribution in [0.3, 0.4) is 0 Å². The second-order valence-electron chi connectivity index (χ2n) is 5.56. The van der Waals surface area contributed by atoms with E-state index in [1.807, 2.05) is 17.8 Å².